The second-order valence-corrected chi connectivity index (χ2v) is 10.8. The van der Waals surface area contributed by atoms with Crippen molar-refractivity contribution < 1.29 is 19.1 Å². The molecule has 32 heavy (non-hydrogen) atoms. The van der Waals surface area contributed by atoms with Gasteiger partial charge in [-0.05, 0) is 86.7 Å². The molecule has 4 saturated carbocycles. The number of carbonyl (C=O) groups is 2. The minimum absolute atomic E-state index is 0.0562. The number of piperidine rings is 1. The zero-order chi connectivity index (χ0) is 22.3. The third-order valence-corrected chi connectivity index (χ3v) is 8.53. The van der Waals surface area contributed by atoms with Crippen molar-refractivity contribution >= 4 is 11.8 Å². The Morgan fingerprint density at radius 3 is 2.00 bits per heavy atom. The number of benzene rings is 1. The van der Waals surface area contributed by atoms with Crippen molar-refractivity contribution in [1.82, 2.24) is 10.2 Å². The fourth-order valence-corrected chi connectivity index (χ4v) is 7.54. The number of likely N-dealkylation sites (tertiary alicyclic amines) is 1. The predicted molar refractivity (Wildman–Crippen MR) is 122 cm³/mol. The van der Waals surface area contributed by atoms with Crippen molar-refractivity contribution in [2.45, 2.75) is 63.8 Å². The lowest BCUT2D eigenvalue weighted by Crippen LogP contribution is -2.50. The van der Waals surface area contributed by atoms with Crippen LogP contribution in [0.15, 0.2) is 18.2 Å². The van der Waals surface area contributed by atoms with E-state index in [-0.39, 0.29) is 17.4 Å². The standard InChI is InChI=1S/C26H36N2O4/c1-31-21-4-3-5-22(32-2)24(21)25(30)27-20-6-8-28(9-7-20)23(29)16-26-13-17-10-18(14-26)12-19(11-17)15-26/h3-5,17-20H,6-16H2,1-2H3,(H,27,30). The lowest BCUT2D eigenvalue weighted by Gasteiger charge is -2.57. The molecule has 1 saturated heterocycles. The van der Waals surface area contributed by atoms with Gasteiger partial charge in [-0.15, -0.1) is 0 Å². The maximum Gasteiger partial charge on any atom is 0.259 e. The van der Waals surface area contributed by atoms with Crippen LogP contribution in [0.3, 0.4) is 0 Å². The summed E-state index contributed by atoms with van der Waals surface area (Å²) < 4.78 is 10.7. The minimum atomic E-state index is -0.183. The van der Waals surface area contributed by atoms with E-state index in [0.29, 0.717) is 23.0 Å². The Bertz CT molecular complexity index is 817. The van der Waals surface area contributed by atoms with E-state index in [0.717, 1.165) is 50.1 Å². The second kappa shape index (κ2) is 8.60. The molecule has 0 aromatic heterocycles. The lowest BCUT2D eigenvalue weighted by atomic mass is 9.49. The van der Waals surface area contributed by atoms with E-state index in [1.165, 1.54) is 38.5 Å². The largest absolute Gasteiger partial charge is 0.496 e. The molecule has 5 fully saturated rings. The molecule has 0 unspecified atom stereocenters. The third-order valence-electron chi connectivity index (χ3n) is 8.53. The summed E-state index contributed by atoms with van der Waals surface area (Å²) >= 11 is 0. The van der Waals surface area contributed by atoms with Crippen molar-refractivity contribution in [2.24, 2.45) is 23.2 Å². The summed E-state index contributed by atoms with van der Waals surface area (Å²) in [5.41, 5.74) is 0.718. The first-order chi connectivity index (χ1) is 15.5. The number of nitrogens with zero attached hydrogens (tertiary/aromatic N) is 1. The molecular formula is C26H36N2O4. The molecule has 1 aromatic carbocycles. The highest BCUT2D eigenvalue weighted by atomic mass is 16.5. The van der Waals surface area contributed by atoms with Gasteiger partial charge in [0.15, 0.2) is 0 Å². The normalized spacial score (nSPS) is 31.4. The van der Waals surface area contributed by atoms with Gasteiger partial charge in [-0.1, -0.05) is 6.07 Å². The van der Waals surface area contributed by atoms with E-state index in [1.54, 1.807) is 26.4 Å². The van der Waals surface area contributed by atoms with E-state index >= 15 is 0 Å². The molecule has 6 heteroatoms. The highest BCUT2D eigenvalue weighted by molar-refractivity contribution is 5.99. The van der Waals surface area contributed by atoms with Crippen LogP contribution in [0.4, 0.5) is 0 Å². The topological polar surface area (TPSA) is 67.9 Å². The van der Waals surface area contributed by atoms with Gasteiger partial charge in [0.25, 0.3) is 5.91 Å². The summed E-state index contributed by atoms with van der Waals surface area (Å²) in [4.78, 5) is 28.2. The first-order valence-corrected chi connectivity index (χ1v) is 12.3. The highest BCUT2D eigenvalue weighted by Crippen LogP contribution is 2.61. The van der Waals surface area contributed by atoms with Gasteiger partial charge < -0.3 is 19.7 Å². The summed E-state index contributed by atoms with van der Waals surface area (Å²) in [6, 6.07) is 5.40. The van der Waals surface area contributed by atoms with Crippen LogP contribution in [0.5, 0.6) is 11.5 Å². The number of methoxy groups -OCH3 is 2. The molecule has 4 bridgehead atoms. The summed E-state index contributed by atoms with van der Waals surface area (Å²) in [6.45, 7) is 1.44. The maximum absolute atomic E-state index is 13.2. The van der Waals surface area contributed by atoms with Gasteiger partial charge in [-0.2, -0.15) is 0 Å². The SMILES string of the molecule is COc1cccc(OC)c1C(=O)NC1CCN(C(=O)CC23CC4CC(CC(C4)C2)C3)CC1. The molecule has 1 aliphatic heterocycles. The summed E-state index contributed by atoms with van der Waals surface area (Å²) in [7, 11) is 3.11. The quantitative estimate of drug-likeness (QED) is 0.725. The van der Waals surface area contributed by atoms with Crippen LogP contribution in [0.2, 0.25) is 0 Å². The van der Waals surface area contributed by atoms with Crippen molar-refractivity contribution in [3.8, 4) is 11.5 Å². The summed E-state index contributed by atoms with van der Waals surface area (Å²) in [5, 5.41) is 3.13. The predicted octanol–water partition coefficient (Wildman–Crippen LogP) is 4.03. The average molecular weight is 441 g/mol. The van der Waals surface area contributed by atoms with Crippen molar-refractivity contribution in [1.29, 1.82) is 0 Å². The van der Waals surface area contributed by atoms with Gasteiger partial charge in [0, 0.05) is 25.6 Å². The van der Waals surface area contributed by atoms with E-state index in [9.17, 15) is 9.59 Å². The number of hydrogen-bond donors (Lipinski definition) is 1. The van der Waals surface area contributed by atoms with Gasteiger partial charge in [-0.3, -0.25) is 9.59 Å². The number of hydrogen-bond acceptors (Lipinski definition) is 4. The zero-order valence-corrected chi connectivity index (χ0v) is 19.4. The van der Waals surface area contributed by atoms with Crippen LogP contribution in [0.1, 0.15) is 68.1 Å². The average Bonchev–Trinajstić information content (AvgIpc) is 2.77. The van der Waals surface area contributed by atoms with E-state index < -0.39 is 0 Å². The Morgan fingerprint density at radius 1 is 0.969 bits per heavy atom. The van der Waals surface area contributed by atoms with Crippen LogP contribution in [-0.2, 0) is 4.79 Å². The number of carbonyl (C=O) groups excluding carboxylic acids is 2. The third kappa shape index (κ3) is 4.08. The Labute approximate surface area is 191 Å². The fourth-order valence-electron chi connectivity index (χ4n) is 7.54. The number of nitrogens with one attached hydrogen (secondary N) is 1. The smallest absolute Gasteiger partial charge is 0.259 e. The molecule has 0 atom stereocenters. The minimum Gasteiger partial charge on any atom is -0.496 e. The van der Waals surface area contributed by atoms with E-state index in [4.69, 9.17) is 9.47 Å². The van der Waals surface area contributed by atoms with Crippen LogP contribution in [0.25, 0.3) is 0 Å². The molecule has 6 nitrogen and oxygen atoms in total. The summed E-state index contributed by atoms with van der Waals surface area (Å²) in [6.07, 6.45) is 10.4. The maximum atomic E-state index is 13.2. The van der Waals surface area contributed by atoms with Crippen molar-refractivity contribution in [3.63, 3.8) is 0 Å². The molecular weight excluding hydrogens is 404 g/mol. The molecule has 174 valence electrons. The molecule has 1 aromatic rings. The molecule has 0 spiro atoms. The van der Waals surface area contributed by atoms with Crippen LogP contribution < -0.4 is 14.8 Å². The Kier molecular flexibility index (Phi) is 5.81. The van der Waals surface area contributed by atoms with Gasteiger partial charge in [0.05, 0.1) is 14.2 Å². The second-order valence-electron chi connectivity index (χ2n) is 10.8. The van der Waals surface area contributed by atoms with Crippen molar-refractivity contribution in [2.75, 3.05) is 27.3 Å². The number of ether oxygens (including phenoxy) is 2. The Morgan fingerprint density at radius 2 is 1.50 bits per heavy atom. The molecule has 2 amide bonds. The van der Waals surface area contributed by atoms with E-state index in [2.05, 4.69) is 5.32 Å². The van der Waals surface area contributed by atoms with Gasteiger partial charge >= 0.3 is 0 Å². The molecule has 4 aliphatic carbocycles. The van der Waals surface area contributed by atoms with E-state index in [1.807, 2.05) is 11.0 Å². The van der Waals surface area contributed by atoms with Crippen LogP contribution in [0, 0.1) is 23.2 Å². The Hall–Kier alpha value is -2.24. The number of amides is 2. The summed E-state index contributed by atoms with van der Waals surface area (Å²) in [5.74, 6) is 3.79. The van der Waals surface area contributed by atoms with Gasteiger partial charge in [0.1, 0.15) is 17.1 Å². The van der Waals surface area contributed by atoms with Gasteiger partial charge in [0.2, 0.25) is 5.91 Å². The first-order valence-electron chi connectivity index (χ1n) is 12.3. The Balaban J connectivity index is 1.16. The molecule has 1 heterocycles. The highest BCUT2D eigenvalue weighted by Gasteiger charge is 2.51. The fraction of sp³-hybridized carbons (Fsp3) is 0.692. The number of rotatable bonds is 6. The zero-order valence-electron chi connectivity index (χ0n) is 19.4. The van der Waals surface area contributed by atoms with Gasteiger partial charge in [-0.25, -0.2) is 0 Å². The van der Waals surface area contributed by atoms with Crippen LogP contribution in [-0.4, -0.2) is 50.1 Å². The monoisotopic (exact) mass is 440 g/mol. The molecule has 0 radical (unpaired) electrons. The molecule has 5 aliphatic rings. The molecule has 6 rings (SSSR count). The lowest BCUT2D eigenvalue weighted by molar-refractivity contribution is -0.140. The first kappa shape index (κ1) is 21.6. The molecule has 1 N–H and O–H groups in total. The van der Waals surface area contributed by atoms with Crippen molar-refractivity contribution in [3.05, 3.63) is 23.8 Å². The van der Waals surface area contributed by atoms with Crippen LogP contribution >= 0.6 is 0 Å².